The number of carboxylic acids is 1. The Morgan fingerprint density at radius 3 is 2.58 bits per heavy atom. The minimum atomic E-state index is -1.13. The zero-order valence-electron chi connectivity index (χ0n) is 13.3. The van der Waals surface area contributed by atoms with Crippen LogP contribution in [0.3, 0.4) is 0 Å². The average molecular weight is 354 g/mol. The highest BCUT2D eigenvalue weighted by atomic mass is 32.2. The van der Waals surface area contributed by atoms with Crippen molar-refractivity contribution in [3.05, 3.63) is 35.6 Å². The van der Waals surface area contributed by atoms with Gasteiger partial charge in [-0.05, 0) is 17.7 Å². The van der Waals surface area contributed by atoms with Crippen molar-refractivity contribution in [2.75, 3.05) is 18.2 Å². The molecule has 6 nitrogen and oxygen atoms in total. The molecule has 1 atom stereocenters. The quantitative estimate of drug-likeness (QED) is 0.839. The van der Waals surface area contributed by atoms with Crippen molar-refractivity contribution in [3.63, 3.8) is 0 Å². The first-order chi connectivity index (χ1) is 11.4. The minimum Gasteiger partial charge on any atom is -0.480 e. The van der Waals surface area contributed by atoms with E-state index in [1.54, 1.807) is 6.92 Å². The number of hydrogen-bond acceptors (Lipinski definition) is 4. The summed E-state index contributed by atoms with van der Waals surface area (Å²) in [7, 11) is 0. The molecule has 0 bridgehead atoms. The lowest BCUT2D eigenvalue weighted by molar-refractivity contribution is -0.149. The van der Waals surface area contributed by atoms with Gasteiger partial charge in [-0.15, -0.1) is 11.8 Å². The number of carbonyl (C=O) groups is 3. The highest BCUT2D eigenvalue weighted by Gasteiger charge is 2.36. The number of benzene rings is 1. The molecule has 1 unspecified atom stereocenters. The summed E-state index contributed by atoms with van der Waals surface area (Å²) in [4.78, 5) is 38.5. The minimum absolute atomic E-state index is 0.0563. The van der Waals surface area contributed by atoms with Crippen LogP contribution >= 0.6 is 11.8 Å². The molecule has 1 saturated heterocycles. The number of hydrogen-bond donors (Lipinski definition) is 1. The molecule has 1 heterocycles. The number of amides is 2. The number of aliphatic carboxylic acids is 1. The highest BCUT2D eigenvalue weighted by Crippen LogP contribution is 2.24. The van der Waals surface area contributed by atoms with Gasteiger partial charge in [0.2, 0.25) is 11.8 Å². The summed E-state index contributed by atoms with van der Waals surface area (Å²) in [5.74, 6) is -1.18. The number of halogens is 1. The Hall–Kier alpha value is -2.09. The van der Waals surface area contributed by atoms with Crippen LogP contribution in [0.15, 0.2) is 24.3 Å². The van der Waals surface area contributed by atoms with Gasteiger partial charge in [-0.25, -0.2) is 4.39 Å². The predicted octanol–water partition coefficient (Wildman–Crippen LogP) is 1.55. The summed E-state index contributed by atoms with van der Waals surface area (Å²) >= 11 is 1.47. The summed E-state index contributed by atoms with van der Waals surface area (Å²) in [5.41, 5.74) is 0.630. The van der Waals surface area contributed by atoms with E-state index in [0.717, 1.165) is 0 Å². The van der Waals surface area contributed by atoms with Gasteiger partial charge in [0.25, 0.3) is 0 Å². The van der Waals surface area contributed by atoms with Gasteiger partial charge in [-0.2, -0.15) is 0 Å². The van der Waals surface area contributed by atoms with Gasteiger partial charge in [0.05, 0.1) is 5.88 Å². The fourth-order valence-electron chi connectivity index (χ4n) is 2.49. The Labute approximate surface area is 143 Å². The molecule has 1 N–H and O–H groups in total. The Bertz CT molecular complexity index is 623. The molecule has 8 heteroatoms. The molecule has 1 aromatic carbocycles. The SMILES string of the molecule is CCC(=O)N1CSCC1C(=O)N(CC(=O)O)Cc1ccc(F)cc1. The Kier molecular flexibility index (Phi) is 6.19. The van der Waals surface area contributed by atoms with Crippen molar-refractivity contribution >= 4 is 29.5 Å². The maximum absolute atomic E-state index is 13.0. The second kappa shape index (κ2) is 8.14. The van der Waals surface area contributed by atoms with E-state index in [1.165, 1.54) is 45.8 Å². The summed E-state index contributed by atoms with van der Waals surface area (Å²) in [6.45, 7) is 1.31. The summed E-state index contributed by atoms with van der Waals surface area (Å²) in [6.07, 6.45) is 0.293. The highest BCUT2D eigenvalue weighted by molar-refractivity contribution is 7.99. The molecule has 2 rings (SSSR count). The summed E-state index contributed by atoms with van der Waals surface area (Å²) in [5, 5.41) is 9.08. The van der Waals surface area contributed by atoms with Crippen LogP contribution in [0, 0.1) is 5.82 Å². The zero-order valence-corrected chi connectivity index (χ0v) is 14.1. The molecule has 1 aromatic rings. The van der Waals surface area contributed by atoms with Crippen LogP contribution < -0.4 is 0 Å². The van der Waals surface area contributed by atoms with Gasteiger partial charge < -0.3 is 14.9 Å². The van der Waals surface area contributed by atoms with E-state index >= 15 is 0 Å². The van der Waals surface area contributed by atoms with E-state index in [-0.39, 0.29) is 12.5 Å². The molecule has 130 valence electrons. The molecule has 0 aromatic heterocycles. The third-order valence-electron chi connectivity index (χ3n) is 3.71. The molecule has 1 aliphatic heterocycles. The molecular weight excluding hydrogens is 335 g/mol. The fourth-order valence-corrected chi connectivity index (χ4v) is 3.66. The van der Waals surface area contributed by atoms with Crippen LogP contribution in [0.2, 0.25) is 0 Å². The summed E-state index contributed by atoms with van der Waals surface area (Å²) < 4.78 is 13.0. The maximum atomic E-state index is 13.0. The number of thioether (sulfide) groups is 1. The maximum Gasteiger partial charge on any atom is 0.323 e. The lowest BCUT2D eigenvalue weighted by Crippen LogP contribution is -2.49. The Morgan fingerprint density at radius 2 is 2.00 bits per heavy atom. The number of rotatable bonds is 6. The van der Waals surface area contributed by atoms with E-state index in [2.05, 4.69) is 0 Å². The average Bonchev–Trinajstić information content (AvgIpc) is 3.04. The third-order valence-corrected chi connectivity index (χ3v) is 4.73. The van der Waals surface area contributed by atoms with Crippen molar-refractivity contribution in [2.24, 2.45) is 0 Å². The zero-order chi connectivity index (χ0) is 17.7. The topological polar surface area (TPSA) is 77.9 Å². The Balaban J connectivity index is 2.16. The third kappa shape index (κ3) is 4.47. The van der Waals surface area contributed by atoms with E-state index in [9.17, 15) is 18.8 Å². The van der Waals surface area contributed by atoms with Gasteiger partial charge in [0.15, 0.2) is 0 Å². The van der Waals surface area contributed by atoms with E-state index in [0.29, 0.717) is 23.6 Å². The smallest absolute Gasteiger partial charge is 0.323 e. The molecular formula is C16H19FN2O4S. The van der Waals surface area contributed by atoms with Gasteiger partial charge in [0.1, 0.15) is 18.4 Å². The lowest BCUT2D eigenvalue weighted by Gasteiger charge is -2.29. The molecule has 24 heavy (non-hydrogen) atoms. The Morgan fingerprint density at radius 1 is 1.33 bits per heavy atom. The second-order valence-electron chi connectivity index (χ2n) is 5.45. The van der Waals surface area contributed by atoms with Crippen LogP contribution in [-0.2, 0) is 20.9 Å². The standard InChI is InChI=1S/C16H19FN2O4S/c1-2-14(20)19-10-24-9-13(19)16(23)18(8-15(21)22)7-11-3-5-12(17)6-4-11/h3-6,13H,2,7-10H2,1H3,(H,21,22). The first-order valence-corrected chi connectivity index (χ1v) is 8.70. The van der Waals surface area contributed by atoms with Crippen molar-refractivity contribution in [2.45, 2.75) is 25.9 Å². The van der Waals surface area contributed by atoms with Crippen molar-refractivity contribution in [1.29, 1.82) is 0 Å². The monoisotopic (exact) mass is 354 g/mol. The van der Waals surface area contributed by atoms with E-state index in [1.807, 2.05) is 0 Å². The molecule has 1 fully saturated rings. The van der Waals surface area contributed by atoms with E-state index in [4.69, 9.17) is 5.11 Å². The normalized spacial score (nSPS) is 16.9. The second-order valence-corrected chi connectivity index (χ2v) is 6.45. The number of carboxylic acid groups (broad SMARTS) is 1. The number of carbonyl (C=O) groups excluding carboxylic acids is 2. The lowest BCUT2D eigenvalue weighted by atomic mass is 10.1. The number of nitrogens with zero attached hydrogens (tertiary/aromatic N) is 2. The molecule has 0 aliphatic carbocycles. The van der Waals surface area contributed by atoms with Crippen LogP contribution in [0.1, 0.15) is 18.9 Å². The van der Waals surface area contributed by atoms with Crippen LogP contribution in [-0.4, -0.2) is 56.9 Å². The van der Waals surface area contributed by atoms with Gasteiger partial charge in [-0.1, -0.05) is 19.1 Å². The molecule has 0 radical (unpaired) electrons. The first kappa shape index (κ1) is 18.3. The first-order valence-electron chi connectivity index (χ1n) is 7.54. The van der Waals surface area contributed by atoms with Crippen LogP contribution in [0.25, 0.3) is 0 Å². The predicted molar refractivity (Wildman–Crippen MR) is 87.7 cm³/mol. The largest absolute Gasteiger partial charge is 0.480 e. The van der Waals surface area contributed by atoms with E-state index < -0.39 is 30.3 Å². The van der Waals surface area contributed by atoms with Gasteiger partial charge in [0, 0.05) is 18.7 Å². The van der Waals surface area contributed by atoms with Gasteiger partial charge >= 0.3 is 5.97 Å². The van der Waals surface area contributed by atoms with Crippen molar-refractivity contribution in [3.8, 4) is 0 Å². The molecule has 1 aliphatic rings. The summed E-state index contributed by atoms with van der Waals surface area (Å²) in [6, 6.07) is 4.89. The fraction of sp³-hybridized carbons (Fsp3) is 0.438. The molecule has 2 amide bonds. The van der Waals surface area contributed by atoms with Crippen molar-refractivity contribution < 1.29 is 23.9 Å². The van der Waals surface area contributed by atoms with Crippen LogP contribution in [0.5, 0.6) is 0 Å². The van der Waals surface area contributed by atoms with Crippen molar-refractivity contribution in [1.82, 2.24) is 9.80 Å². The molecule has 0 saturated carbocycles. The molecule has 0 spiro atoms. The van der Waals surface area contributed by atoms with Crippen LogP contribution in [0.4, 0.5) is 4.39 Å². The van der Waals surface area contributed by atoms with Gasteiger partial charge in [-0.3, -0.25) is 14.4 Å².